The molecule has 6 nitrogen and oxygen atoms in total. The Bertz CT molecular complexity index is 971. The number of nitrogens with one attached hydrogen (secondary N) is 1. The standard InChI is InChI=1S/C19H18N2O4S/c1-21-8-7-12-15(10-21)26-18(16(12)19(23)24-2)20-17(22)14-9-11-5-3-4-6-13(11)25-14/h3-6,9H,7-8,10H2,1-2H3,(H,20,22). The summed E-state index contributed by atoms with van der Waals surface area (Å²) < 4.78 is 10.6. The highest BCUT2D eigenvalue weighted by atomic mass is 32.1. The number of benzene rings is 1. The van der Waals surface area contributed by atoms with E-state index >= 15 is 0 Å². The molecule has 4 rings (SSSR count). The molecule has 26 heavy (non-hydrogen) atoms. The summed E-state index contributed by atoms with van der Waals surface area (Å²) in [6.45, 7) is 1.62. The molecule has 0 aliphatic carbocycles. The van der Waals surface area contributed by atoms with Crippen molar-refractivity contribution in [3.8, 4) is 0 Å². The minimum absolute atomic E-state index is 0.213. The lowest BCUT2D eigenvalue weighted by Gasteiger charge is -2.22. The van der Waals surface area contributed by atoms with Crippen LogP contribution in [0.3, 0.4) is 0 Å². The maximum Gasteiger partial charge on any atom is 0.341 e. The lowest BCUT2D eigenvalue weighted by atomic mass is 10.0. The Kier molecular flexibility index (Phi) is 4.26. The molecule has 1 aromatic carbocycles. The number of thiophene rings is 1. The summed E-state index contributed by atoms with van der Waals surface area (Å²) >= 11 is 1.42. The number of hydrogen-bond donors (Lipinski definition) is 1. The van der Waals surface area contributed by atoms with Crippen LogP contribution in [0.4, 0.5) is 5.00 Å². The van der Waals surface area contributed by atoms with Gasteiger partial charge in [-0.1, -0.05) is 18.2 Å². The van der Waals surface area contributed by atoms with Crippen LogP contribution in [0.15, 0.2) is 34.7 Å². The lowest BCUT2D eigenvalue weighted by molar-refractivity contribution is 0.0600. The molecule has 0 radical (unpaired) electrons. The third-order valence-electron chi connectivity index (χ3n) is 4.51. The number of furan rings is 1. The molecule has 1 N–H and O–H groups in total. The fourth-order valence-corrected chi connectivity index (χ4v) is 4.51. The molecule has 0 spiro atoms. The van der Waals surface area contributed by atoms with Gasteiger partial charge in [0, 0.05) is 23.4 Å². The Hall–Kier alpha value is -2.64. The van der Waals surface area contributed by atoms with Gasteiger partial charge in [-0.25, -0.2) is 4.79 Å². The molecule has 1 aliphatic heterocycles. The average Bonchev–Trinajstić information content (AvgIpc) is 3.21. The van der Waals surface area contributed by atoms with E-state index in [1.807, 2.05) is 31.3 Å². The van der Waals surface area contributed by atoms with Crippen molar-refractivity contribution in [1.29, 1.82) is 0 Å². The van der Waals surface area contributed by atoms with E-state index in [2.05, 4.69) is 10.2 Å². The molecular weight excluding hydrogens is 352 g/mol. The fourth-order valence-electron chi connectivity index (χ4n) is 3.20. The van der Waals surface area contributed by atoms with Crippen molar-refractivity contribution in [1.82, 2.24) is 4.90 Å². The quantitative estimate of drug-likeness (QED) is 0.714. The van der Waals surface area contributed by atoms with Gasteiger partial charge in [0.2, 0.25) is 0 Å². The van der Waals surface area contributed by atoms with Gasteiger partial charge in [-0.2, -0.15) is 0 Å². The van der Waals surface area contributed by atoms with Gasteiger partial charge in [0.1, 0.15) is 10.6 Å². The Morgan fingerprint density at radius 1 is 1.31 bits per heavy atom. The van der Waals surface area contributed by atoms with Gasteiger partial charge in [0.15, 0.2) is 5.76 Å². The molecule has 0 unspecified atom stereocenters. The van der Waals surface area contributed by atoms with Crippen molar-refractivity contribution in [2.24, 2.45) is 0 Å². The van der Waals surface area contributed by atoms with Crippen LogP contribution in [-0.2, 0) is 17.7 Å². The van der Waals surface area contributed by atoms with Gasteiger partial charge in [-0.15, -0.1) is 11.3 Å². The fraction of sp³-hybridized carbons (Fsp3) is 0.263. The Morgan fingerprint density at radius 2 is 2.12 bits per heavy atom. The maximum atomic E-state index is 12.7. The first-order chi connectivity index (χ1) is 12.6. The number of amides is 1. The van der Waals surface area contributed by atoms with Crippen LogP contribution in [0, 0.1) is 0 Å². The molecule has 134 valence electrons. The lowest BCUT2D eigenvalue weighted by Crippen LogP contribution is -2.26. The number of hydrogen-bond acceptors (Lipinski definition) is 6. The Balaban J connectivity index is 1.68. The van der Waals surface area contributed by atoms with Gasteiger partial charge in [-0.05, 0) is 31.2 Å². The summed E-state index contributed by atoms with van der Waals surface area (Å²) in [6.07, 6.45) is 0.757. The zero-order chi connectivity index (χ0) is 18.3. The monoisotopic (exact) mass is 370 g/mol. The van der Waals surface area contributed by atoms with Crippen LogP contribution < -0.4 is 5.32 Å². The van der Waals surface area contributed by atoms with Gasteiger partial charge >= 0.3 is 5.97 Å². The number of carbonyl (C=O) groups is 2. The number of rotatable bonds is 3. The van der Waals surface area contributed by atoms with Crippen LogP contribution in [0.1, 0.15) is 31.4 Å². The van der Waals surface area contributed by atoms with Crippen molar-refractivity contribution < 1.29 is 18.7 Å². The van der Waals surface area contributed by atoms with E-state index in [9.17, 15) is 9.59 Å². The highest BCUT2D eigenvalue weighted by Crippen LogP contribution is 2.37. The van der Waals surface area contributed by atoms with Gasteiger partial charge < -0.3 is 19.4 Å². The number of nitrogens with zero attached hydrogens (tertiary/aromatic N) is 1. The van der Waals surface area contributed by atoms with Crippen molar-refractivity contribution in [3.05, 3.63) is 52.1 Å². The second-order valence-electron chi connectivity index (χ2n) is 6.29. The van der Waals surface area contributed by atoms with Crippen molar-refractivity contribution in [2.45, 2.75) is 13.0 Å². The van der Waals surface area contributed by atoms with Crippen LogP contribution in [0.25, 0.3) is 11.0 Å². The summed E-state index contributed by atoms with van der Waals surface area (Å²) in [5.41, 5.74) is 2.09. The summed E-state index contributed by atoms with van der Waals surface area (Å²) in [5.74, 6) is -0.587. The zero-order valence-electron chi connectivity index (χ0n) is 14.5. The summed E-state index contributed by atoms with van der Waals surface area (Å²) in [4.78, 5) is 28.2. The SMILES string of the molecule is COC(=O)c1c(NC(=O)c2cc3ccccc3o2)sc2c1CCN(C)C2. The second-order valence-corrected chi connectivity index (χ2v) is 7.40. The number of likely N-dealkylation sites (N-methyl/N-ethyl adjacent to an activating group) is 1. The normalized spacial score (nSPS) is 14.2. The largest absolute Gasteiger partial charge is 0.465 e. The van der Waals surface area contributed by atoms with Gasteiger partial charge in [-0.3, -0.25) is 4.79 Å². The van der Waals surface area contributed by atoms with E-state index in [1.165, 1.54) is 18.4 Å². The zero-order valence-corrected chi connectivity index (χ0v) is 15.3. The molecule has 3 heterocycles. The number of esters is 1. The Labute approximate surface area is 154 Å². The molecular formula is C19H18N2O4S. The highest BCUT2D eigenvalue weighted by Gasteiger charge is 2.29. The number of carbonyl (C=O) groups excluding carboxylic acids is 2. The number of fused-ring (bicyclic) bond motifs is 2. The van der Waals surface area contributed by atoms with Gasteiger partial charge in [0.05, 0.1) is 12.7 Å². The van der Waals surface area contributed by atoms with Crippen LogP contribution in [0.5, 0.6) is 0 Å². The molecule has 0 atom stereocenters. The first-order valence-electron chi connectivity index (χ1n) is 8.28. The molecule has 0 saturated carbocycles. The molecule has 7 heteroatoms. The number of methoxy groups -OCH3 is 1. The van der Waals surface area contributed by atoms with E-state index in [0.717, 1.165) is 35.3 Å². The average molecular weight is 370 g/mol. The van der Waals surface area contributed by atoms with E-state index in [1.54, 1.807) is 6.07 Å². The van der Waals surface area contributed by atoms with Crippen LogP contribution >= 0.6 is 11.3 Å². The van der Waals surface area contributed by atoms with E-state index < -0.39 is 5.97 Å². The van der Waals surface area contributed by atoms with E-state index in [-0.39, 0.29) is 11.7 Å². The summed E-state index contributed by atoms with van der Waals surface area (Å²) in [7, 11) is 3.39. The van der Waals surface area contributed by atoms with Crippen molar-refractivity contribution >= 4 is 39.2 Å². The van der Waals surface area contributed by atoms with Crippen LogP contribution in [-0.4, -0.2) is 37.5 Å². The number of para-hydroxylation sites is 1. The van der Waals surface area contributed by atoms with Crippen molar-refractivity contribution in [2.75, 3.05) is 26.0 Å². The molecule has 0 saturated heterocycles. The molecule has 1 aliphatic rings. The molecule has 2 aromatic heterocycles. The molecule has 1 amide bonds. The predicted molar refractivity (Wildman–Crippen MR) is 99.9 cm³/mol. The topological polar surface area (TPSA) is 71.8 Å². The number of anilines is 1. The first-order valence-corrected chi connectivity index (χ1v) is 9.10. The minimum Gasteiger partial charge on any atom is -0.465 e. The molecule has 3 aromatic rings. The third kappa shape index (κ3) is 2.89. The highest BCUT2D eigenvalue weighted by molar-refractivity contribution is 7.17. The summed E-state index contributed by atoms with van der Waals surface area (Å²) in [5, 5.41) is 4.22. The molecule has 0 fully saturated rings. The van der Waals surface area contributed by atoms with Crippen molar-refractivity contribution in [3.63, 3.8) is 0 Å². The Morgan fingerprint density at radius 3 is 2.88 bits per heavy atom. The van der Waals surface area contributed by atoms with E-state index in [4.69, 9.17) is 9.15 Å². The minimum atomic E-state index is -0.424. The smallest absolute Gasteiger partial charge is 0.341 e. The molecule has 0 bridgehead atoms. The second kappa shape index (κ2) is 6.59. The maximum absolute atomic E-state index is 12.7. The van der Waals surface area contributed by atoms with E-state index in [0.29, 0.717) is 16.1 Å². The predicted octanol–water partition coefficient (Wildman–Crippen LogP) is 3.52. The number of ether oxygens (including phenoxy) is 1. The summed E-state index contributed by atoms with van der Waals surface area (Å²) in [6, 6.07) is 9.13. The van der Waals surface area contributed by atoms with Crippen LogP contribution in [0.2, 0.25) is 0 Å². The van der Waals surface area contributed by atoms with Gasteiger partial charge in [0.25, 0.3) is 5.91 Å². The third-order valence-corrected chi connectivity index (χ3v) is 5.65. The first kappa shape index (κ1) is 16.8.